The van der Waals surface area contributed by atoms with Crippen molar-refractivity contribution in [3.8, 4) is 0 Å². The van der Waals surface area contributed by atoms with Gasteiger partial charge in [-0.3, -0.25) is 0 Å². The van der Waals surface area contributed by atoms with Crippen LogP contribution < -0.4 is 0 Å². The summed E-state index contributed by atoms with van der Waals surface area (Å²) in [7, 11) is 0. The van der Waals surface area contributed by atoms with Gasteiger partial charge in [-0.1, -0.05) is 49.6 Å². The number of aliphatic hydroxyl groups excluding tert-OH is 1. The first-order chi connectivity index (χ1) is 6.28. The summed E-state index contributed by atoms with van der Waals surface area (Å²) >= 11 is 0. The number of benzene rings is 1. The molecular formula is C12H16O. The highest BCUT2D eigenvalue weighted by atomic mass is 16.2. The van der Waals surface area contributed by atoms with Crippen LogP contribution in [0.4, 0.5) is 0 Å². The maximum atomic E-state index is 7.57. The van der Waals surface area contributed by atoms with Crippen molar-refractivity contribution < 1.29 is 5.11 Å². The second-order valence-electron chi connectivity index (χ2n) is 2.39. The van der Waals surface area contributed by atoms with Gasteiger partial charge < -0.3 is 5.11 Å². The first kappa shape index (κ1) is 11.7. The van der Waals surface area contributed by atoms with Gasteiger partial charge in [0.15, 0.2) is 0 Å². The van der Waals surface area contributed by atoms with Gasteiger partial charge in [-0.05, 0) is 18.1 Å². The van der Waals surface area contributed by atoms with Crippen molar-refractivity contribution in [1.29, 1.82) is 0 Å². The monoisotopic (exact) mass is 176 g/mol. The minimum absolute atomic E-state index is 0.250. The van der Waals surface area contributed by atoms with Crippen molar-refractivity contribution in [3.63, 3.8) is 0 Å². The number of hydrogen-bond acceptors (Lipinski definition) is 1. The number of rotatable bonds is 2. The lowest BCUT2D eigenvalue weighted by Gasteiger charge is -1.92. The Hall–Kier alpha value is -1.34. The molecule has 1 aromatic carbocycles. The van der Waals surface area contributed by atoms with Crippen molar-refractivity contribution in [2.24, 2.45) is 0 Å². The third kappa shape index (κ3) is 4.99. The average Bonchev–Trinajstić information content (AvgIpc) is 2.19. The minimum Gasteiger partial charge on any atom is -0.397 e. The molecule has 0 aromatic heterocycles. The van der Waals surface area contributed by atoms with E-state index < -0.39 is 0 Å². The fourth-order valence-electron chi connectivity index (χ4n) is 0.768. The van der Waals surface area contributed by atoms with Gasteiger partial charge in [-0.2, -0.15) is 0 Å². The normalized spacial score (nSPS) is 8.15. The highest BCUT2D eigenvalue weighted by Gasteiger charge is 1.84. The van der Waals surface area contributed by atoms with Crippen LogP contribution in [0.3, 0.4) is 0 Å². The van der Waals surface area contributed by atoms with Crippen molar-refractivity contribution in [2.45, 2.75) is 6.92 Å². The van der Waals surface area contributed by atoms with Gasteiger partial charge in [0, 0.05) is 6.61 Å². The Balaban J connectivity index is 0.000000424. The molecule has 1 rings (SSSR count). The van der Waals surface area contributed by atoms with Gasteiger partial charge in [-0.15, -0.1) is 0 Å². The predicted octanol–water partition coefficient (Wildman–Crippen LogP) is 2.97. The Kier molecular flexibility index (Phi) is 6.56. The molecule has 0 aliphatic rings. The fraction of sp³-hybridized carbons (Fsp3) is 0.167. The summed E-state index contributed by atoms with van der Waals surface area (Å²) in [6, 6.07) is 8.07. The van der Waals surface area contributed by atoms with E-state index in [0.29, 0.717) is 0 Å². The van der Waals surface area contributed by atoms with Crippen LogP contribution in [0.25, 0.3) is 12.2 Å². The molecule has 1 heteroatoms. The van der Waals surface area contributed by atoms with Gasteiger partial charge in [0.05, 0.1) is 0 Å². The summed E-state index contributed by atoms with van der Waals surface area (Å²) in [6.45, 7) is 9.25. The Morgan fingerprint density at radius 2 is 1.31 bits per heavy atom. The van der Waals surface area contributed by atoms with E-state index in [2.05, 4.69) is 13.2 Å². The molecule has 0 heterocycles. The maximum absolute atomic E-state index is 7.57. The summed E-state index contributed by atoms with van der Waals surface area (Å²) in [5, 5.41) is 7.57. The number of aliphatic hydroxyl groups is 1. The molecule has 0 saturated heterocycles. The Morgan fingerprint density at radius 3 is 1.46 bits per heavy atom. The third-order valence-electron chi connectivity index (χ3n) is 1.41. The average molecular weight is 176 g/mol. The zero-order valence-electron chi connectivity index (χ0n) is 8.03. The highest BCUT2D eigenvalue weighted by molar-refractivity contribution is 5.53. The quantitative estimate of drug-likeness (QED) is 0.734. The molecule has 0 saturated carbocycles. The Morgan fingerprint density at radius 1 is 1.08 bits per heavy atom. The van der Waals surface area contributed by atoms with E-state index in [-0.39, 0.29) is 6.61 Å². The smallest absolute Gasteiger partial charge is 0.0402 e. The zero-order chi connectivity index (χ0) is 10.1. The molecule has 0 bridgehead atoms. The van der Waals surface area contributed by atoms with E-state index in [1.807, 2.05) is 36.4 Å². The van der Waals surface area contributed by atoms with Crippen LogP contribution in [-0.2, 0) is 0 Å². The van der Waals surface area contributed by atoms with Crippen LogP contribution in [-0.4, -0.2) is 11.7 Å². The molecule has 0 amide bonds. The largest absolute Gasteiger partial charge is 0.397 e. The molecule has 0 aliphatic carbocycles. The first-order valence-corrected chi connectivity index (χ1v) is 4.24. The topological polar surface area (TPSA) is 20.2 Å². The van der Waals surface area contributed by atoms with Gasteiger partial charge in [-0.25, -0.2) is 0 Å². The van der Waals surface area contributed by atoms with Crippen molar-refractivity contribution in [1.82, 2.24) is 0 Å². The standard InChI is InChI=1S/C10H10.C2H6O/c1-3-9-5-7-10(4-2)8-6-9;1-2-3/h3-8H,1-2H2;3H,2H2,1H3. The number of hydrogen-bond donors (Lipinski definition) is 1. The lowest BCUT2D eigenvalue weighted by atomic mass is 10.1. The summed E-state index contributed by atoms with van der Waals surface area (Å²) in [5.41, 5.74) is 2.29. The molecule has 70 valence electrons. The molecule has 0 radical (unpaired) electrons. The van der Waals surface area contributed by atoms with Crippen LogP contribution in [0.15, 0.2) is 37.4 Å². The summed E-state index contributed by atoms with van der Waals surface area (Å²) in [5.74, 6) is 0. The fourth-order valence-corrected chi connectivity index (χ4v) is 0.768. The van der Waals surface area contributed by atoms with Gasteiger partial charge in [0.25, 0.3) is 0 Å². The molecular weight excluding hydrogens is 160 g/mol. The lowest BCUT2D eigenvalue weighted by Crippen LogP contribution is -1.71. The molecule has 0 fully saturated rings. The van der Waals surface area contributed by atoms with Crippen LogP contribution in [0, 0.1) is 0 Å². The second kappa shape index (κ2) is 7.32. The summed E-state index contributed by atoms with van der Waals surface area (Å²) < 4.78 is 0. The predicted molar refractivity (Wildman–Crippen MR) is 59.4 cm³/mol. The van der Waals surface area contributed by atoms with Crippen LogP contribution in [0.5, 0.6) is 0 Å². The third-order valence-corrected chi connectivity index (χ3v) is 1.41. The maximum Gasteiger partial charge on any atom is 0.0402 e. The molecule has 0 aliphatic heterocycles. The molecule has 0 atom stereocenters. The van der Waals surface area contributed by atoms with Crippen molar-refractivity contribution in [2.75, 3.05) is 6.61 Å². The van der Waals surface area contributed by atoms with Crippen LogP contribution >= 0.6 is 0 Å². The Labute approximate surface area is 80.0 Å². The highest BCUT2D eigenvalue weighted by Crippen LogP contribution is 2.05. The second-order valence-corrected chi connectivity index (χ2v) is 2.39. The lowest BCUT2D eigenvalue weighted by molar-refractivity contribution is 0.318. The van der Waals surface area contributed by atoms with Crippen molar-refractivity contribution in [3.05, 3.63) is 48.6 Å². The van der Waals surface area contributed by atoms with Gasteiger partial charge >= 0.3 is 0 Å². The summed E-state index contributed by atoms with van der Waals surface area (Å²) in [4.78, 5) is 0. The molecule has 1 N–H and O–H groups in total. The van der Waals surface area contributed by atoms with E-state index in [9.17, 15) is 0 Å². The van der Waals surface area contributed by atoms with E-state index in [0.717, 1.165) is 11.1 Å². The van der Waals surface area contributed by atoms with Crippen molar-refractivity contribution >= 4 is 12.2 Å². The molecule has 1 nitrogen and oxygen atoms in total. The minimum atomic E-state index is 0.250. The molecule has 0 spiro atoms. The molecule has 1 aromatic rings. The van der Waals surface area contributed by atoms with E-state index >= 15 is 0 Å². The Bertz CT molecular complexity index is 219. The molecule has 0 unspecified atom stereocenters. The first-order valence-electron chi connectivity index (χ1n) is 4.24. The summed E-state index contributed by atoms with van der Waals surface area (Å²) in [6.07, 6.45) is 3.65. The van der Waals surface area contributed by atoms with Gasteiger partial charge in [0.2, 0.25) is 0 Å². The van der Waals surface area contributed by atoms with E-state index in [4.69, 9.17) is 5.11 Å². The van der Waals surface area contributed by atoms with Crippen LogP contribution in [0.1, 0.15) is 18.1 Å². The zero-order valence-corrected chi connectivity index (χ0v) is 8.03. The molecule has 13 heavy (non-hydrogen) atoms. The SMILES string of the molecule is C=Cc1ccc(C=C)cc1.CCO. The van der Waals surface area contributed by atoms with E-state index in [1.54, 1.807) is 6.92 Å². The van der Waals surface area contributed by atoms with Crippen LogP contribution in [0.2, 0.25) is 0 Å². The van der Waals surface area contributed by atoms with Gasteiger partial charge in [0.1, 0.15) is 0 Å². The van der Waals surface area contributed by atoms with E-state index in [1.165, 1.54) is 0 Å².